The van der Waals surface area contributed by atoms with Crippen LogP contribution in [0.15, 0.2) is 36.9 Å². The van der Waals surface area contributed by atoms with Gasteiger partial charge in [0.25, 0.3) is 0 Å². The van der Waals surface area contributed by atoms with E-state index in [0.717, 1.165) is 70.3 Å². The van der Waals surface area contributed by atoms with Gasteiger partial charge in [-0.3, -0.25) is 4.98 Å². The zero-order valence-electron chi connectivity index (χ0n) is 16.6. The molecule has 3 heterocycles. The van der Waals surface area contributed by atoms with Gasteiger partial charge in [0.05, 0.1) is 5.52 Å². The van der Waals surface area contributed by atoms with Gasteiger partial charge in [0, 0.05) is 29.7 Å². The maximum atomic E-state index is 5.73. The maximum Gasteiger partial charge on any atom is 0.158 e. The van der Waals surface area contributed by atoms with Gasteiger partial charge in [0.2, 0.25) is 0 Å². The third kappa shape index (κ3) is 3.38. The first kappa shape index (κ1) is 18.2. The molecule has 0 saturated carbocycles. The molecular formula is C22H25N5O. The summed E-state index contributed by atoms with van der Waals surface area (Å²) >= 11 is 0. The van der Waals surface area contributed by atoms with Crippen LogP contribution in [-0.2, 0) is 12.8 Å². The van der Waals surface area contributed by atoms with E-state index in [9.17, 15) is 0 Å². The second kappa shape index (κ2) is 7.46. The first-order valence-electron chi connectivity index (χ1n) is 9.61. The van der Waals surface area contributed by atoms with Crippen LogP contribution < -0.4 is 10.1 Å². The monoisotopic (exact) mass is 375 g/mol. The van der Waals surface area contributed by atoms with Crippen LogP contribution in [-0.4, -0.2) is 32.9 Å². The zero-order valence-corrected chi connectivity index (χ0v) is 16.6. The van der Waals surface area contributed by atoms with E-state index in [0.29, 0.717) is 6.61 Å². The van der Waals surface area contributed by atoms with Gasteiger partial charge in [-0.2, -0.15) is 5.10 Å². The van der Waals surface area contributed by atoms with Gasteiger partial charge < -0.3 is 10.1 Å². The van der Waals surface area contributed by atoms with Crippen molar-refractivity contribution >= 4 is 27.9 Å². The summed E-state index contributed by atoms with van der Waals surface area (Å²) in [7, 11) is 0. The molecule has 0 fully saturated rings. The van der Waals surface area contributed by atoms with Crippen molar-refractivity contribution in [3.8, 4) is 5.75 Å². The Kier molecular flexibility index (Phi) is 4.86. The number of allylic oxidation sites excluding steroid dienone is 3. The Morgan fingerprint density at radius 2 is 2.04 bits per heavy atom. The normalized spacial score (nSPS) is 13.8. The summed E-state index contributed by atoms with van der Waals surface area (Å²) in [6.45, 7) is 11.5. The zero-order chi connectivity index (χ0) is 19.7. The number of nitrogens with one attached hydrogen (secondary N) is 1. The van der Waals surface area contributed by atoms with Crippen molar-refractivity contribution in [1.29, 1.82) is 0 Å². The minimum atomic E-state index is 0.684. The highest BCUT2D eigenvalue weighted by Crippen LogP contribution is 2.34. The van der Waals surface area contributed by atoms with E-state index in [2.05, 4.69) is 40.2 Å². The lowest BCUT2D eigenvalue weighted by Crippen LogP contribution is -2.18. The number of rotatable bonds is 5. The highest BCUT2D eigenvalue weighted by Gasteiger charge is 2.15. The minimum absolute atomic E-state index is 0.684. The van der Waals surface area contributed by atoms with Crippen molar-refractivity contribution in [2.75, 3.05) is 18.5 Å². The Balaban J connectivity index is 1.60. The summed E-state index contributed by atoms with van der Waals surface area (Å²) in [5, 5.41) is 9.19. The van der Waals surface area contributed by atoms with Crippen LogP contribution in [0.25, 0.3) is 22.2 Å². The number of aromatic nitrogens is 4. The van der Waals surface area contributed by atoms with Crippen LogP contribution in [0.4, 0.5) is 5.69 Å². The van der Waals surface area contributed by atoms with E-state index >= 15 is 0 Å². The van der Waals surface area contributed by atoms with Crippen LogP contribution in [0.3, 0.4) is 0 Å². The highest BCUT2D eigenvalue weighted by molar-refractivity contribution is 5.94. The van der Waals surface area contributed by atoms with Crippen molar-refractivity contribution in [3.05, 3.63) is 54.3 Å². The molecule has 28 heavy (non-hydrogen) atoms. The molecule has 0 aliphatic carbocycles. The SMILES string of the molecule is C=C(C)c1nc(CCc2ccc3ccc4c(c3n2)NCCO4)nn1/C(C)=C\C. The van der Waals surface area contributed by atoms with Gasteiger partial charge >= 0.3 is 0 Å². The molecule has 1 aliphatic heterocycles. The lowest BCUT2D eigenvalue weighted by Gasteiger charge is -2.20. The van der Waals surface area contributed by atoms with Gasteiger partial charge in [0.1, 0.15) is 18.0 Å². The van der Waals surface area contributed by atoms with Crippen LogP contribution in [0.2, 0.25) is 0 Å². The number of benzene rings is 1. The first-order chi connectivity index (χ1) is 13.6. The number of hydrogen-bond acceptors (Lipinski definition) is 5. The molecule has 2 aromatic heterocycles. The molecule has 0 spiro atoms. The minimum Gasteiger partial charge on any atom is -0.490 e. The fraction of sp³-hybridized carbons (Fsp3) is 0.318. The Bertz CT molecular complexity index is 1080. The molecule has 0 amide bonds. The number of nitrogens with zero attached hydrogens (tertiary/aromatic N) is 4. The van der Waals surface area contributed by atoms with Crippen LogP contribution >= 0.6 is 0 Å². The number of anilines is 1. The molecule has 3 aromatic rings. The molecule has 0 atom stereocenters. The van der Waals surface area contributed by atoms with Crippen LogP contribution in [0, 0.1) is 0 Å². The van der Waals surface area contributed by atoms with Crippen molar-refractivity contribution in [2.45, 2.75) is 33.6 Å². The van der Waals surface area contributed by atoms with Crippen molar-refractivity contribution in [1.82, 2.24) is 19.7 Å². The molecule has 0 bridgehead atoms. The van der Waals surface area contributed by atoms with Gasteiger partial charge in [-0.15, -0.1) is 0 Å². The Labute approximate surface area is 165 Å². The Morgan fingerprint density at radius 1 is 1.21 bits per heavy atom. The lowest BCUT2D eigenvalue weighted by molar-refractivity contribution is 0.324. The van der Waals surface area contributed by atoms with E-state index in [-0.39, 0.29) is 0 Å². The van der Waals surface area contributed by atoms with Gasteiger partial charge in [-0.25, -0.2) is 9.67 Å². The lowest BCUT2D eigenvalue weighted by atomic mass is 10.1. The topological polar surface area (TPSA) is 64.9 Å². The quantitative estimate of drug-likeness (QED) is 0.719. The fourth-order valence-corrected chi connectivity index (χ4v) is 3.32. The van der Waals surface area contributed by atoms with Gasteiger partial charge in [0.15, 0.2) is 11.6 Å². The predicted octanol–water partition coefficient (Wildman–Crippen LogP) is 4.33. The molecule has 0 radical (unpaired) electrons. The summed E-state index contributed by atoms with van der Waals surface area (Å²) in [6, 6.07) is 8.25. The first-order valence-corrected chi connectivity index (χ1v) is 9.61. The molecule has 0 saturated heterocycles. The molecule has 6 heteroatoms. The average Bonchev–Trinajstić information content (AvgIpc) is 3.16. The Morgan fingerprint density at radius 3 is 2.82 bits per heavy atom. The molecule has 6 nitrogen and oxygen atoms in total. The molecule has 4 rings (SSSR count). The second-order valence-corrected chi connectivity index (χ2v) is 7.06. The van der Waals surface area contributed by atoms with Crippen molar-refractivity contribution < 1.29 is 4.74 Å². The standard InChI is InChI=1S/C22H25N5O/c1-5-15(4)27-22(14(2)3)25-19(26-27)11-9-17-8-6-16-7-10-18-21(20(16)24-17)23-12-13-28-18/h5-8,10,23H,2,9,11-13H2,1,3-4H3/b15-5-. The summed E-state index contributed by atoms with van der Waals surface area (Å²) < 4.78 is 7.60. The largest absolute Gasteiger partial charge is 0.490 e. The van der Waals surface area contributed by atoms with E-state index in [4.69, 9.17) is 9.72 Å². The molecule has 0 unspecified atom stereocenters. The second-order valence-electron chi connectivity index (χ2n) is 7.06. The third-order valence-electron chi connectivity index (χ3n) is 4.93. The predicted molar refractivity (Wildman–Crippen MR) is 113 cm³/mol. The third-order valence-corrected chi connectivity index (χ3v) is 4.93. The van der Waals surface area contributed by atoms with E-state index in [1.165, 1.54) is 0 Å². The van der Waals surface area contributed by atoms with Gasteiger partial charge in [-0.05, 0) is 51.0 Å². The number of ether oxygens (including phenoxy) is 1. The molecule has 1 aliphatic rings. The summed E-state index contributed by atoms with van der Waals surface area (Å²) in [4.78, 5) is 9.56. The molecule has 1 N–H and O–H groups in total. The maximum absolute atomic E-state index is 5.73. The van der Waals surface area contributed by atoms with Crippen LogP contribution in [0.1, 0.15) is 38.1 Å². The van der Waals surface area contributed by atoms with E-state index in [1.807, 2.05) is 37.6 Å². The molecular weight excluding hydrogens is 350 g/mol. The number of fused-ring (bicyclic) bond motifs is 3. The fourth-order valence-electron chi connectivity index (χ4n) is 3.32. The van der Waals surface area contributed by atoms with Crippen LogP contribution in [0.5, 0.6) is 5.75 Å². The Hall–Kier alpha value is -3.15. The molecule has 144 valence electrons. The summed E-state index contributed by atoms with van der Waals surface area (Å²) in [5.41, 5.74) is 4.91. The number of pyridine rings is 1. The highest BCUT2D eigenvalue weighted by atomic mass is 16.5. The molecule has 1 aromatic carbocycles. The number of aryl methyl sites for hydroxylation is 2. The smallest absolute Gasteiger partial charge is 0.158 e. The average molecular weight is 375 g/mol. The van der Waals surface area contributed by atoms with E-state index in [1.54, 1.807) is 0 Å². The summed E-state index contributed by atoms with van der Waals surface area (Å²) in [5.74, 6) is 2.49. The van der Waals surface area contributed by atoms with E-state index < -0.39 is 0 Å². The number of hydrogen-bond donors (Lipinski definition) is 1. The van der Waals surface area contributed by atoms with Crippen molar-refractivity contribution in [3.63, 3.8) is 0 Å². The van der Waals surface area contributed by atoms with Crippen molar-refractivity contribution in [2.24, 2.45) is 0 Å². The van der Waals surface area contributed by atoms with Gasteiger partial charge in [-0.1, -0.05) is 18.7 Å². The summed E-state index contributed by atoms with van der Waals surface area (Å²) in [6.07, 6.45) is 3.52.